The van der Waals surface area contributed by atoms with Gasteiger partial charge in [0.25, 0.3) is 0 Å². The Morgan fingerprint density at radius 3 is 1.75 bits per heavy atom. The minimum Gasteiger partial charge on any atom is -0.449 e. The van der Waals surface area contributed by atoms with Crippen LogP contribution >= 0.6 is 0 Å². The number of ether oxygens (including phenoxy) is 2. The predicted octanol–water partition coefficient (Wildman–Crippen LogP) is 13.0. The van der Waals surface area contributed by atoms with Gasteiger partial charge in [0, 0.05) is 33.2 Å². The molecule has 53 heavy (non-hydrogen) atoms. The smallest absolute Gasteiger partial charge is 0.178 e. The van der Waals surface area contributed by atoms with E-state index in [1.54, 1.807) is 0 Å². The maximum Gasteiger partial charge on any atom is 0.178 e. The van der Waals surface area contributed by atoms with Crippen molar-refractivity contribution in [1.82, 2.24) is 9.97 Å². The molecule has 0 bridgehead atoms. The van der Waals surface area contributed by atoms with E-state index in [1.165, 1.54) is 16.7 Å². The van der Waals surface area contributed by atoms with Crippen molar-refractivity contribution in [3.63, 3.8) is 0 Å². The van der Waals surface area contributed by atoms with Crippen molar-refractivity contribution < 1.29 is 9.47 Å². The molecular formula is C49H34N2O2. The standard InChI is InChI=1S/C49H34N2O2/c1-49(2)39-22-12-11-20-38(39)45-40(49)28-29-44-47(45)53-46-36(21-13-23-43(46)52-44)32-24-26-33(27-25-32)41-30-42(51-48(50-41)34-16-7-4-8-17-34)37-19-10-9-18-35(37)31-14-5-3-6-15-31/h3-30H,1-2H3. The molecule has 0 spiro atoms. The number of hydrogen-bond acceptors (Lipinski definition) is 4. The first-order chi connectivity index (χ1) is 26.0. The normalized spacial score (nSPS) is 13.2. The third-order valence-corrected chi connectivity index (χ3v) is 10.6. The Bertz CT molecular complexity index is 2680. The summed E-state index contributed by atoms with van der Waals surface area (Å²) in [6.45, 7) is 4.56. The van der Waals surface area contributed by atoms with Gasteiger partial charge < -0.3 is 9.47 Å². The number of benzene rings is 7. The summed E-state index contributed by atoms with van der Waals surface area (Å²) in [4.78, 5) is 10.2. The van der Waals surface area contributed by atoms with E-state index in [-0.39, 0.29) is 5.41 Å². The van der Waals surface area contributed by atoms with Gasteiger partial charge in [-0.3, -0.25) is 0 Å². The monoisotopic (exact) mass is 682 g/mol. The number of hydrogen-bond donors (Lipinski definition) is 0. The van der Waals surface area contributed by atoms with Gasteiger partial charge in [0.2, 0.25) is 0 Å². The first-order valence-corrected chi connectivity index (χ1v) is 18.0. The van der Waals surface area contributed by atoms with Gasteiger partial charge in [-0.1, -0.05) is 166 Å². The lowest BCUT2D eigenvalue weighted by Gasteiger charge is -2.26. The SMILES string of the molecule is CC1(C)c2ccccc2-c2c1ccc1c2Oc2c(cccc2-c2ccc(-c3cc(-c4ccccc4-c4ccccc4)nc(-c4ccccc4)n3)cc2)O1. The van der Waals surface area contributed by atoms with E-state index < -0.39 is 0 Å². The fourth-order valence-electron chi connectivity index (χ4n) is 7.92. The van der Waals surface area contributed by atoms with Gasteiger partial charge in [0.1, 0.15) is 0 Å². The topological polar surface area (TPSA) is 44.2 Å². The van der Waals surface area contributed by atoms with Crippen LogP contribution in [0.4, 0.5) is 0 Å². The summed E-state index contributed by atoms with van der Waals surface area (Å²) in [7, 11) is 0. The van der Waals surface area contributed by atoms with Gasteiger partial charge in [0.15, 0.2) is 28.8 Å². The second kappa shape index (κ2) is 12.2. The molecule has 2 aliphatic rings. The molecule has 0 radical (unpaired) electrons. The fraction of sp³-hybridized carbons (Fsp3) is 0.0612. The number of para-hydroxylation sites is 1. The van der Waals surface area contributed by atoms with Crippen LogP contribution in [-0.2, 0) is 5.41 Å². The Hall–Kier alpha value is -6.78. The van der Waals surface area contributed by atoms with Crippen molar-refractivity contribution in [2.75, 3.05) is 0 Å². The molecule has 8 aromatic rings. The number of aromatic nitrogens is 2. The van der Waals surface area contributed by atoms with Gasteiger partial charge in [-0.05, 0) is 51.6 Å². The maximum atomic E-state index is 6.90. The molecule has 252 valence electrons. The molecule has 1 aliphatic carbocycles. The minimum atomic E-state index is -0.134. The highest BCUT2D eigenvalue weighted by atomic mass is 16.6. The molecule has 0 fully saturated rings. The fourth-order valence-corrected chi connectivity index (χ4v) is 7.92. The average Bonchev–Trinajstić information content (AvgIpc) is 3.46. The van der Waals surface area contributed by atoms with E-state index in [1.807, 2.05) is 42.5 Å². The van der Waals surface area contributed by atoms with Crippen LogP contribution in [0.3, 0.4) is 0 Å². The Morgan fingerprint density at radius 2 is 0.981 bits per heavy atom. The van der Waals surface area contributed by atoms with Gasteiger partial charge in [0.05, 0.1) is 11.4 Å². The highest BCUT2D eigenvalue weighted by Gasteiger charge is 2.39. The number of fused-ring (bicyclic) bond motifs is 6. The molecule has 1 aromatic heterocycles. The molecule has 1 aliphatic heterocycles. The molecule has 2 heterocycles. The molecule has 4 heteroatoms. The summed E-state index contributed by atoms with van der Waals surface area (Å²) >= 11 is 0. The highest BCUT2D eigenvalue weighted by Crippen LogP contribution is 2.59. The number of rotatable bonds is 5. The Kier molecular flexibility index (Phi) is 7.12. The van der Waals surface area contributed by atoms with Crippen molar-refractivity contribution >= 4 is 0 Å². The van der Waals surface area contributed by atoms with Crippen molar-refractivity contribution in [2.24, 2.45) is 0 Å². The molecular weight excluding hydrogens is 649 g/mol. The summed E-state index contributed by atoms with van der Waals surface area (Å²) < 4.78 is 13.5. The summed E-state index contributed by atoms with van der Waals surface area (Å²) in [6.07, 6.45) is 0. The largest absolute Gasteiger partial charge is 0.449 e. The molecule has 4 nitrogen and oxygen atoms in total. The van der Waals surface area contributed by atoms with Crippen molar-refractivity contribution in [3.8, 4) is 90.3 Å². The Labute approximate surface area is 309 Å². The zero-order valence-corrected chi connectivity index (χ0v) is 29.4. The first kappa shape index (κ1) is 31.0. The Balaban J connectivity index is 1.05. The van der Waals surface area contributed by atoms with Crippen LogP contribution in [0.5, 0.6) is 23.0 Å². The third kappa shape index (κ3) is 5.14. The van der Waals surface area contributed by atoms with Crippen LogP contribution in [0.1, 0.15) is 25.0 Å². The van der Waals surface area contributed by atoms with Crippen LogP contribution < -0.4 is 9.47 Å². The summed E-state index contributed by atoms with van der Waals surface area (Å²) in [5.41, 5.74) is 13.7. The summed E-state index contributed by atoms with van der Waals surface area (Å²) in [6, 6.07) is 58.7. The van der Waals surface area contributed by atoms with Crippen molar-refractivity contribution in [2.45, 2.75) is 19.3 Å². The van der Waals surface area contributed by atoms with Gasteiger partial charge in [-0.15, -0.1) is 0 Å². The second-order valence-corrected chi connectivity index (χ2v) is 14.1. The average molecular weight is 683 g/mol. The maximum absolute atomic E-state index is 6.90. The van der Waals surface area contributed by atoms with Crippen molar-refractivity contribution in [1.29, 1.82) is 0 Å². The first-order valence-electron chi connectivity index (χ1n) is 18.0. The van der Waals surface area contributed by atoms with Gasteiger partial charge in [-0.2, -0.15) is 0 Å². The van der Waals surface area contributed by atoms with Gasteiger partial charge in [-0.25, -0.2) is 9.97 Å². The zero-order valence-electron chi connectivity index (χ0n) is 29.4. The van der Waals surface area contributed by atoms with E-state index in [2.05, 4.69) is 141 Å². The van der Waals surface area contributed by atoms with E-state index in [0.717, 1.165) is 73.1 Å². The lowest BCUT2D eigenvalue weighted by molar-refractivity contribution is 0.361. The lowest BCUT2D eigenvalue weighted by Crippen LogP contribution is -2.15. The molecule has 0 amide bonds. The van der Waals surface area contributed by atoms with Crippen LogP contribution in [-0.4, -0.2) is 9.97 Å². The van der Waals surface area contributed by atoms with E-state index in [0.29, 0.717) is 11.6 Å². The molecule has 0 N–H and O–H groups in total. The van der Waals surface area contributed by atoms with Crippen molar-refractivity contribution in [3.05, 3.63) is 181 Å². The lowest BCUT2D eigenvalue weighted by atomic mass is 9.82. The van der Waals surface area contributed by atoms with Crippen LogP contribution in [0.15, 0.2) is 170 Å². The predicted molar refractivity (Wildman–Crippen MR) is 213 cm³/mol. The van der Waals surface area contributed by atoms with Crippen LogP contribution in [0.25, 0.3) is 67.3 Å². The molecule has 0 atom stereocenters. The molecule has 10 rings (SSSR count). The van der Waals surface area contributed by atoms with E-state index >= 15 is 0 Å². The quantitative estimate of drug-likeness (QED) is 0.181. The molecule has 0 unspecified atom stereocenters. The van der Waals surface area contributed by atoms with Crippen LogP contribution in [0.2, 0.25) is 0 Å². The highest BCUT2D eigenvalue weighted by molar-refractivity contribution is 5.89. The molecule has 0 saturated heterocycles. The van der Waals surface area contributed by atoms with Gasteiger partial charge >= 0.3 is 0 Å². The van der Waals surface area contributed by atoms with Crippen LogP contribution in [0, 0.1) is 0 Å². The third-order valence-electron chi connectivity index (χ3n) is 10.6. The zero-order chi connectivity index (χ0) is 35.5. The van der Waals surface area contributed by atoms with E-state index in [9.17, 15) is 0 Å². The minimum absolute atomic E-state index is 0.134. The summed E-state index contributed by atoms with van der Waals surface area (Å²) in [5.74, 6) is 3.61. The molecule has 7 aromatic carbocycles. The second-order valence-electron chi connectivity index (χ2n) is 14.1. The molecule has 0 saturated carbocycles. The number of nitrogens with zero attached hydrogens (tertiary/aromatic N) is 2. The summed E-state index contributed by atoms with van der Waals surface area (Å²) in [5, 5.41) is 0. The Morgan fingerprint density at radius 1 is 0.396 bits per heavy atom. The van der Waals surface area contributed by atoms with E-state index in [4.69, 9.17) is 19.4 Å².